The third-order valence-corrected chi connectivity index (χ3v) is 10.9. The number of para-hydroxylation sites is 4. The van der Waals surface area contributed by atoms with E-state index in [0.717, 1.165) is 77.4 Å². The molecular formula is C48H28N2O2. The van der Waals surface area contributed by atoms with Crippen LogP contribution in [-0.4, -0.2) is 9.13 Å². The van der Waals surface area contributed by atoms with Crippen molar-refractivity contribution >= 4 is 87.5 Å². The molecule has 0 aliphatic rings. The second-order valence-electron chi connectivity index (χ2n) is 13.7. The van der Waals surface area contributed by atoms with Gasteiger partial charge in [0.2, 0.25) is 0 Å². The topological polar surface area (TPSA) is 36.1 Å². The summed E-state index contributed by atoms with van der Waals surface area (Å²) < 4.78 is 17.4. The highest BCUT2D eigenvalue weighted by Crippen LogP contribution is 2.45. The van der Waals surface area contributed by atoms with Crippen molar-refractivity contribution in [2.45, 2.75) is 0 Å². The predicted octanol–water partition coefficient (Wildman–Crippen LogP) is 13.3. The lowest BCUT2D eigenvalue weighted by atomic mass is 9.97. The fourth-order valence-corrected chi connectivity index (χ4v) is 8.74. The molecule has 0 aliphatic carbocycles. The smallest absolute Gasteiger partial charge is 0.136 e. The van der Waals surface area contributed by atoms with Gasteiger partial charge >= 0.3 is 0 Å². The first-order valence-electron chi connectivity index (χ1n) is 17.7. The summed E-state index contributed by atoms with van der Waals surface area (Å²) in [6, 6.07) is 60.6. The van der Waals surface area contributed by atoms with E-state index in [9.17, 15) is 0 Å². The molecule has 242 valence electrons. The Morgan fingerprint density at radius 3 is 1.75 bits per heavy atom. The van der Waals surface area contributed by atoms with Crippen molar-refractivity contribution < 1.29 is 8.83 Å². The lowest BCUT2D eigenvalue weighted by Gasteiger charge is -2.10. The highest BCUT2D eigenvalue weighted by molar-refractivity contribution is 6.29. The van der Waals surface area contributed by atoms with E-state index in [1.165, 1.54) is 32.6 Å². The Labute approximate surface area is 296 Å². The molecule has 4 heterocycles. The average Bonchev–Trinajstić information content (AvgIpc) is 3.95. The highest BCUT2D eigenvalue weighted by atomic mass is 16.3. The molecule has 0 radical (unpaired) electrons. The zero-order valence-corrected chi connectivity index (χ0v) is 27.9. The molecule has 52 heavy (non-hydrogen) atoms. The molecule has 0 N–H and O–H groups in total. The molecular weight excluding hydrogens is 637 g/mol. The van der Waals surface area contributed by atoms with Crippen molar-refractivity contribution in [2.75, 3.05) is 0 Å². The van der Waals surface area contributed by atoms with E-state index in [1.54, 1.807) is 0 Å². The van der Waals surface area contributed by atoms with Gasteiger partial charge in [-0.05, 0) is 90.0 Å². The summed E-state index contributed by atoms with van der Waals surface area (Å²) in [5.74, 6) is 0. The third kappa shape index (κ3) is 3.70. The van der Waals surface area contributed by atoms with Crippen molar-refractivity contribution in [3.63, 3.8) is 0 Å². The Bertz CT molecular complexity index is 3410. The number of benzene rings is 8. The summed E-state index contributed by atoms with van der Waals surface area (Å²) in [5, 5.41) is 9.43. The first kappa shape index (κ1) is 27.7. The normalized spacial score (nSPS) is 12.2. The molecule has 0 saturated heterocycles. The lowest BCUT2D eigenvalue weighted by Crippen LogP contribution is -1.94. The van der Waals surface area contributed by atoms with Crippen molar-refractivity contribution in [3.05, 3.63) is 170 Å². The molecule has 0 fully saturated rings. The van der Waals surface area contributed by atoms with Gasteiger partial charge in [0, 0.05) is 54.5 Å². The Morgan fingerprint density at radius 2 is 0.904 bits per heavy atom. The summed E-state index contributed by atoms with van der Waals surface area (Å²) in [6.45, 7) is 0. The summed E-state index contributed by atoms with van der Waals surface area (Å²) in [4.78, 5) is 0. The Kier molecular flexibility index (Phi) is 5.47. The maximum atomic E-state index is 6.33. The number of nitrogens with zero attached hydrogens (tertiary/aromatic N) is 2. The SMILES string of the molecule is c1ccc(-n2c3ccccc3c3c4c5cc(-c6cccc7oc8ccccc8c67)ccc5n(-c5ccc6oc7ccccc7c6c5)c4ccc32)cc1. The molecule has 0 saturated carbocycles. The highest BCUT2D eigenvalue weighted by Gasteiger charge is 2.22. The molecule has 4 aromatic heterocycles. The number of hydrogen-bond acceptors (Lipinski definition) is 2. The van der Waals surface area contributed by atoms with Gasteiger partial charge in [-0.25, -0.2) is 0 Å². The maximum absolute atomic E-state index is 6.33. The zero-order valence-electron chi connectivity index (χ0n) is 27.9. The average molecular weight is 665 g/mol. The molecule has 0 unspecified atom stereocenters. The quantitative estimate of drug-likeness (QED) is 0.188. The number of aromatic nitrogens is 2. The molecule has 4 nitrogen and oxygen atoms in total. The van der Waals surface area contributed by atoms with Gasteiger partial charge in [-0.1, -0.05) is 91.0 Å². The molecule has 12 rings (SSSR count). The van der Waals surface area contributed by atoms with Crippen LogP contribution in [0.3, 0.4) is 0 Å². The minimum atomic E-state index is 0.891. The molecule has 8 aromatic carbocycles. The van der Waals surface area contributed by atoms with Crippen molar-refractivity contribution in [1.82, 2.24) is 9.13 Å². The van der Waals surface area contributed by atoms with E-state index in [4.69, 9.17) is 8.83 Å². The monoisotopic (exact) mass is 664 g/mol. The van der Waals surface area contributed by atoms with Gasteiger partial charge in [0.1, 0.15) is 22.3 Å². The first-order valence-corrected chi connectivity index (χ1v) is 17.7. The molecule has 0 aliphatic heterocycles. The van der Waals surface area contributed by atoms with Crippen LogP contribution in [0, 0.1) is 0 Å². The van der Waals surface area contributed by atoms with Crippen LogP contribution in [0.1, 0.15) is 0 Å². The van der Waals surface area contributed by atoms with Crippen LogP contribution >= 0.6 is 0 Å². The van der Waals surface area contributed by atoms with Gasteiger partial charge in [0.05, 0.1) is 22.1 Å². The van der Waals surface area contributed by atoms with Crippen LogP contribution in [-0.2, 0) is 0 Å². The minimum Gasteiger partial charge on any atom is -0.456 e. The molecule has 12 aromatic rings. The second kappa shape index (κ2) is 10.3. The summed E-state index contributed by atoms with van der Waals surface area (Å²) in [7, 11) is 0. The summed E-state index contributed by atoms with van der Waals surface area (Å²) >= 11 is 0. The van der Waals surface area contributed by atoms with Crippen LogP contribution < -0.4 is 0 Å². The van der Waals surface area contributed by atoms with Crippen LogP contribution in [0.5, 0.6) is 0 Å². The standard InChI is InChI=1S/C48H28N2O2/c1-2-11-30(12-3-1)49-38-17-7-4-14-34(38)47-40(49)24-25-41-48(47)37-27-29(32-16-10-20-45-46(32)35-15-6-9-19-43(35)52-45)21-23-39(37)50(41)31-22-26-44-36(28-31)33-13-5-8-18-42(33)51-44/h1-28H. The number of fused-ring (bicyclic) bond motifs is 13. The third-order valence-electron chi connectivity index (χ3n) is 10.9. The molecule has 4 heteroatoms. The number of hydrogen-bond donors (Lipinski definition) is 0. The lowest BCUT2D eigenvalue weighted by molar-refractivity contribution is 0.668. The van der Waals surface area contributed by atoms with E-state index in [-0.39, 0.29) is 0 Å². The molecule has 0 atom stereocenters. The first-order chi connectivity index (χ1) is 25.8. The zero-order chi connectivity index (χ0) is 33.9. The van der Waals surface area contributed by atoms with Crippen LogP contribution in [0.25, 0.3) is 110 Å². The van der Waals surface area contributed by atoms with E-state index < -0.39 is 0 Å². The Morgan fingerprint density at radius 1 is 0.308 bits per heavy atom. The van der Waals surface area contributed by atoms with Crippen LogP contribution in [0.15, 0.2) is 179 Å². The van der Waals surface area contributed by atoms with E-state index in [1.807, 2.05) is 18.2 Å². The van der Waals surface area contributed by atoms with Gasteiger partial charge in [0.15, 0.2) is 0 Å². The number of rotatable bonds is 3. The molecule has 0 bridgehead atoms. The largest absolute Gasteiger partial charge is 0.456 e. The van der Waals surface area contributed by atoms with Gasteiger partial charge < -0.3 is 18.0 Å². The molecule has 0 amide bonds. The Balaban J connectivity index is 1.23. The van der Waals surface area contributed by atoms with E-state index >= 15 is 0 Å². The minimum absolute atomic E-state index is 0.891. The second-order valence-corrected chi connectivity index (χ2v) is 13.7. The van der Waals surface area contributed by atoms with Gasteiger partial charge in [-0.2, -0.15) is 0 Å². The maximum Gasteiger partial charge on any atom is 0.136 e. The van der Waals surface area contributed by atoms with Gasteiger partial charge in [-0.3, -0.25) is 0 Å². The van der Waals surface area contributed by atoms with Gasteiger partial charge in [-0.15, -0.1) is 0 Å². The van der Waals surface area contributed by atoms with Crippen LogP contribution in [0.2, 0.25) is 0 Å². The summed E-state index contributed by atoms with van der Waals surface area (Å²) in [5.41, 5.74) is 12.8. The van der Waals surface area contributed by atoms with Crippen molar-refractivity contribution in [3.8, 4) is 22.5 Å². The summed E-state index contributed by atoms with van der Waals surface area (Å²) in [6.07, 6.45) is 0. The fraction of sp³-hybridized carbons (Fsp3) is 0. The van der Waals surface area contributed by atoms with Crippen molar-refractivity contribution in [1.29, 1.82) is 0 Å². The fourth-order valence-electron chi connectivity index (χ4n) is 8.74. The van der Waals surface area contributed by atoms with Crippen LogP contribution in [0.4, 0.5) is 0 Å². The molecule has 0 spiro atoms. The van der Waals surface area contributed by atoms with E-state index in [2.05, 4.69) is 161 Å². The number of furan rings is 2. The van der Waals surface area contributed by atoms with Gasteiger partial charge in [0.25, 0.3) is 0 Å². The Hall–Kier alpha value is -7.04. The van der Waals surface area contributed by atoms with Crippen molar-refractivity contribution in [2.24, 2.45) is 0 Å². The van der Waals surface area contributed by atoms with E-state index in [0.29, 0.717) is 0 Å². The predicted molar refractivity (Wildman–Crippen MR) is 215 cm³/mol.